The number of hydrogen-bond acceptors (Lipinski definition) is 3. The van der Waals surface area contributed by atoms with Crippen LogP contribution in [0.15, 0.2) is 6.33 Å². The summed E-state index contributed by atoms with van der Waals surface area (Å²) >= 11 is 0. The van der Waals surface area contributed by atoms with Gasteiger partial charge in [0.1, 0.15) is 6.33 Å². The lowest BCUT2D eigenvalue weighted by Crippen LogP contribution is -2.20. The maximum absolute atomic E-state index is 4.19. The highest BCUT2D eigenvalue weighted by Crippen LogP contribution is 2.07. The predicted molar refractivity (Wildman–Crippen MR) is 58.1 cm³/mol. The predicted octanol–water partition coefficient (Wildman–Crippen LogP) is 1.84. The van der Waals surface area contributed by atoms with Crippen molar-refractivity contribution in [2.45, 2.75) is 34.2 Å². The van der Waals surface area contributed by atoms with E-state index in [2.05, 4.69) is 29.1 Å². The molecule has 0 aliphatic rings. The van der Waals surface area contributed by atoms with Crippen molar-refractivity contribution in [3.05, 3.63) is 23.3 Å². The summed E-state index contributed by atoms with van der Waals surface area (Å²) in [5.74, 6) is 0.681. The van der Waals surface area contributed by atoms with Crippen LogP contribution in [-0.4, -0.2) is 16.5 Å². The summed E-state index contributed by atoms with van der Waals surface area (Å²) in [6.07, 6.45) is 1.62. The number of nitrogens with one attached hydrogen (secondary N) is 1. The first-order valence-electron chi connectivity index (χ1n) is 5.09. The van der Waals surface area contributed by atoms with Gasteiger partial charge in [0.2, 0.25) is 0 Å². The molecule has 0 fully saturated rings. The Morgan fingerprint density at radius 1 is 1.21 bits per heavy atom. The lowest BCUT2D eigenvalue weighted by atomic mass is 10.1. The fourth-order valence-electron chi connectivity index (χ4n) is 1.36. The molecule has 1 heterocycles. The van der Waals surface area contributed by atoms with Gasteiger partial charge in [-0.1, -0.05) is 13.8 Å². The molecule has 1 aromatic rings. The minimum absolute atomic E-state index is 0.681. The fourth-order valence-corrected chi connectivity index (χ4v) is 1.36. The van der Waals surface area contributed by atoms with Crippen LogP contribution in [0.2, 0.25) is 0 Å². The van der Waals surface area contributed by atoms with Crippen LogP contribution in [0.3, 0.4) is 0 Å². The molecular weight excluding hydrogens is 174 g/mol. The van der Waals surface area contributed by atoms with E-state index in [0.29, 0.717) is 5.92 Å². The molecule has 0 unspecified atom stereocenters. The summed E-state index contributed by atoms with van der Waals surface area (Å²) in [6.45, 7) is 10.4. The summed E-state index contributed by atoms with van der Waals surface area (Å²) in [6, 6.07) is 0. The first-order chi connectivity index (χ1) is 6.61. The van der Waals surface area contributed by atoms with Gasteiger partial charge in [0.15, 0.2) is 0 Å². The van der Waals surface area contributed by atoms with E-state index >= 15 is 0 Å². The summed E-state index contributed by atoms with van der Waals surface area (Å²) in [7, 11) is 0. The molecule has 0 saturated heterocycles. The molecule has 1 aromatic heterocycles. The Bertz CT molecular complexity index is 274. The van der Waals surface area contributed by atoms with Crippen molar-refractivity contribution < 1.29 is 0 Å². The zero-order valence-electron chi connectivity index (χ0n) is 9.46. The standard InChI is InChI=1S/C11H19N3/c1-8(2)5-12-6-11-9(3)13-7-14-10(11)4/h7-8,12H,5-6H2,1-4H3. The molecule has 0 saturated carbocycles. The van der Waals surface area contributed by atoms with Crippen LogP contribution in [0.25, 0.3) is 0 Å². The molecular formula is C11H19N3. The second-order valence-electron chi connectivity index (χ2n) is 4.05. The van der Waals surface area contributed by atoms with Crippen LogP contribution in [-0.2, 0) is 6.54 Å². The fraction of sp³-hybridized carbons (Fsp3) is 0.636. The van der Waals surface area contributed by atoms with Gasteiger partial charge >= 0.3 is 0 Å². The van der Waals surface area contributed by atoms with Crippen LogP contribution in [0.5, 0.6) is 0 Å². The maximum Gasteiger partial charge on any atom is 0.115 e. The second kappa shape index (κ2) is 5.05. The molecule has 3 nitrogen and oxygen atoms in total. The Morgan fingerprint density at radius 3 is 2.29 bits per heavy atom. The molecule has 78 valence electrons. The summed E-state index contributed by atoms with van der Waals surface area (Å²) < 4.78 is 0. The van der Waals surface area contributed by atoms with E-state index < -0.39 is 0 Å². The smallest absolute Gasteiger partial charge is 0.115 e. The highest BCUT2D eigenvalue weighted by molar-refractivity contribution is 5.22. The minimum atomic E-state index is 0.681. The van der Waals surface area contributed by atoms with Crippen molar-refractivity contribution in [2.24, 2.45) is 5.92 Å². The largest absolute Gasteiger partial charge is 0.312 e. The van der Waals surface area contributed by atoms with Crippen LogP contribution >= 0.6 is 0 Å². The van der Waals surface area contributed by atoms with Crippen LogP contribution < -0.4 is 5.32 Å². The van der Waals surface area contributed by atoms with Crippen LogP contribution in [0, 0.1) is 19.8 Å². The molecule has 0 amide bonds. The summed E-state index contributed by atoms with van der Waals surface area (Å²) in [5, 5.41) is 3.40. The Morgan fingerprint density at radius 2 is 1.79 bits per heavy atom. The van der Waals surface area contributed by atoms with Gasteiger partial charge in [-0.2, -0.15) is 0 Å². The van der Waals surface area contributed by atoms with E-state index in [0.717, 1.165) is 24.5 Å². The molecule has 0 aliphatic heterocycles. The number of aryl methyl sites for hydroxylation is 2. The molecule has 14 heavy (non-hydrogen) atoms. The van der Waals surface area contributed by atoms with Crippen molar-refractivity contribution in [3.8, 4) is 0 Å². The number of aromatic nitrogens is 2. The molecule has 0 aromatic carbocycles. The van der Waals surface area contributed by atoms with E-state index in [1.165, 1.54) is 5.56 Å². The molecule has 0 atom stereocenters. The normalized spacial score (nSPS) is 10.9. The lowest BCUT2D eigenvalue weighted by molar-refractivity contribution is 0.549. The topological polar surface area (TPSA) is 37.8 Å². The van der Waals surface area contributed by atoms with Crippen molar-refractivity contribution in [1.82, 2.24) is 15.3 Å². The summed E-state index contributed by atoms with van der Waals surface area (Å²) in [5.41, 5.74) is 3.38. The first-order valence-corrected chi connectivity index (χ1v) is 5.09. The second-order valence-corrected chi connectivity index (χ2v) is 4.05. The maximum atomic E-state index is 4.19. The average molecular weight is 193 g/mol. The van der Waals surface area contributed by atoms with Gasteiger partial charge in [-0.05, 0) is 26.3 Å². The van der Waals surface area contributed by atoms with E-state index in [-0.39, 0.29) is 0 Å². The van der Waals surface area contributed by atoms with Gasteiger partial charge in [-0.25, -0.2) is 9.97 Å². The van der Waals surface area contributed by atoms with Gasteiger partial charge in [0.25, 0.3) is 0 Å². The zero-order chi connectivity index (χ0) is 10.6. The first kappa shape index (κ1) is 11.1. The number of nitrogens with zero attached hydrogens (tertiary/aromatic N) is 2. The van der Waals surface area contributed by atoms with E-state index in [1.807, 2.05) is 13.8 Å². The average Bonchev–Trinajstić information content (AvgIpc) is 2.09. The van der Waals surface area contributed by atoms with Crippen molar-refractivity contribution >= 4 is 0 Å². The minimum Gasteiger partial charge on any atom is -0.312 e. The van der Waals surface area contributed by atoms with Gasteiger partial charge in [0.05, 0.1) is 0 Å². The van der Waals surface area contributed by atoms with Crippen LogP contribution in [0.4, 0.5) is 0 Å². The monoisotopic (exact) mass is 193 g/mol. The van der Waals surface area contributed by atoms with Gasteiger partial charge in [0, 0.05) is 23.5 Å². The molecule has 3 heteroatoms. The van der Waals surface area contributed by atoms with Crippen LogP contribution in [0.1, 0.15) is 30.8 Å². The quantitative estimate of drug-likeness (QED) is 0.793. The third kappa shape index (κ3) is 3.07. The molecule has 0 bridgehead atoms. The van der Waals surface area contributed by atoms with Gasteiger partial charge < -0.3 is 5.32 Å². The van der Waals surface area contributed by atoms with Crippen molar-refractivity contribution in [2.75, 3.05) is 6.54 Å². The molecule has 0 aliphatic carbocycles. The highest BCUT2D eigenvalue weighted by atomic mass is 14.9. The molecule has 0 radical (unpaired) electrons. The third-order valence-corrected chi connectivity index (χ3v) is 2.23. The van der Waals surface area contributed by atoms with E-state index in [9.17, 15) is 0 Å². The molecule has 0 spiro atoms. The van der Waals surface area contributed by atoms with Gasteiger partial charge in [-0.3, -0.25) is 0 Å². The number of hydrogen-bond donors (Lipinski definition) is 1. The number of rotatable bonds is 4. The zero-order valence-corrected chi connectivity index (χ0v) is 9.46. The van der Waals surface area contributed by atoms with E-state index in [4.69, 9.17) is 0 Å². The Kier molecular flexibility index (Phi) is 4.01. The van der Waals surface area contributed by atoms with E-state index in [1.54, 1.807) is 6.33 Å². The van der Waals surface area contributed by atoms with Crippen molar-refractivity contribution in [1.29, 1.82) is 0 Å². The Hall–Kier alpha value is -0.960. The highest BCUT2D eigenvalue weighted by Gasteiger charge is 2.03. The molecule has 1 rings (SSSR count). The lowest BCUT2D eigenvalue weighted by Gasteiger charge is -2.10. The molecule has 1 N–H and O–H groups in total. The SMILES string of the molecule is Cc1ncnc(C)c1CNCC(C)C. The van der Waals surface area contributed by atoms with Gasteiger partial charge in [-0.15, -0.1) is 0 Å². The summed E-state index contributed by atoms with van der Waals surface area (Å²) in [4.78, 5) is 8.37. The van der Waals surface area contributed by atoms with Crippen molar-refractivity contribution in [3.63, 3.8) is 0 Å². The third-order valence-electron chi connectivity index (χ3n) is 2.23. The Balaban J connectivity index is 2.58. The Labute approximate surface area is 86.0 Å².